The highest BCUT2D eigenvalue weighted by atomic mass is 35.5. The molecule has 0 aromatic heterocycles. The van der Waals surface area contributed by atoms with Crippen molar-refractivity contribution in [2.45, 2.75) is 13.8 Å². The normalized spacial score (nSPS) is 9.75. The van der Waals surface area contributed by atoms with Crippen LogP contribution in [-0.2, 0) is 9.59 Å². The van der Waals surface area contributed by atoms with Gasteiger partial charge in [0.1, 0.15) is 0 Å². The minimum Gasteiger partial charge on any atom is -0.423 e. The summed E-state index contributed by atoms with van der Waals surface area (Å²) in [6.07, 6.45) is 0. The van der Waals surface area contributed by atoms with Gasteiger partial charge in [-0.05, 0) is 6.07 Å². The summed E-state index contributed by atoms with van der Waals surface area (Å²) in [4.78, 5) is 21.7. The molecule has 0 bridgehead atoms. The van der Waals surface area contributed by atoms with Gasteiger partial charge in [-0.2, -0.15) is 0 Å². The molecule has 6 heteroatoms. The van der Waals surface area contributed by atoms with Crippen molar-refractivity contribution in [1.82, 2.24) is 0 Å². The van der Waals surface area contributed by atoms with Gasteiger partial charge in [0, 0.05) is 24.9 Å². The van der Waals surface area contributed by atoms with E-state index in [-0.39, 0.29) is 21.5 Å². The van der Waals surface area contributed by atoms with Crippen LogP contribution in [0.15, 0.2) is 12.1 Å². The molecule has 1 rings (SSSR count). The van der Waals surface area contributed by atoms with Crippen LogP contribution in [0.2, 0.25) is 10.0 Å². The fourth-order valence-electron chi connectivity index (χ4n) is 1.01. The van der Waals surface area contributed by atoms with Crippen LogP contribution in [0.25, 0.3) is 0 Å². The second-order valence-electron chi connectivity index (χ2n) is 2.90. The van der Waals surface area contributed by atoms with E-state index in [4.69, 9.17) is 32.7 Å². The first-order chi connectivity index (χ1) is 7.40. The molecule has 0 saturated carbocycles. The molecule has 0 heterocycles. The van der Waals surface area contributed by atoms with Crippen LogP contribution in [0.5, 0.6) is 11.5 Å². The summed E-state index contributed by atoms with van der Waals surface area (Å²) < 4.78 is 9.65. The van der Waals surface area contributed by atoms with Crippen molar-refractivity contribution in [2.24, 2.45) is 0 Å². The number of ether oxygens (including phenoxy) is 2. The van der Waals surface area contributed by atoms with Crippen molar-refractivity contribution in [2.75, 3.05) is 0 Å². The van der Waals surface area contributed by atoms with Crippen LogP contribution >= 0.6 is 23.2 Å². The molecule has 0 atom stereocenters. The van der Waals surface area contributed by atoms with Gasteiger partial charge in [-0.25, -0.2) is 0 Å². The second kappa shape index (κ2) is 5.18. The van der Waals surface area contributed by atoms with Gasteiger partial charge in [-0.1, -0.05) is 23.2 Å². The van der Waals surface area contributed by atoms with Gasteiger partial charge in [0.05, 0.1) is 5.02 Å². The van der Waals surface area contributed by atoms with E-state index in [9.17, 15) is 9.59 Å². The van der Waals surface area contributed by atoms with Gasteiger partial charge in [0.2, 0.25) is 0 Å². The first-order valence-corrected chi connectivity index (χ1v) is 5.01. The summed E-state index contributed by atoms with van der Waals surface area (Å²) in [6, 6.07) is 2.72. The molecule has 0 radical (unpaired) electrons. The molecular weight excluding hydrogens is 255 g/mol. The zero-order chi connectivity index (χ0) is 12.3. The first-order valence-electron chi connectivity index (χ1n) is 4.26. The lowest BCUT2D eigenvalue weighted by Gasteiger charge is -2.10. The Morgan fingerprint density at radius 1 is 1.06 bits per heavy atom. The Hall–Kier alpha value is -1.26. The minimum absolute atomic E-state index is 0.0141. The van der Waals surface area contributed by atoms with E-state index in [1.165, 1.54) is 26.0 Å². The Morgan fingerprint density at radius 2 is 1.62 bits per heavy atom. The third kappa shape index (κ3) is 3.40. The summed E-state index contributed by atoms with van der Waals surface area (Å²) in [6.45, 7) is 2.43. The van der Waals surface area contributed by atoms with E-state index in [2.05, 4.69) is 0 Å². The van der Waals surface area contributed by atoms with Crippen LogP contribution in [-0.4, -0.2) is 11.9 Å². The molecule has 0 aliphatic rings. The maximum Gasteiger partial charge on any atom is 0.308 e. The molecule has 1 aromatic carbocycles. The van der Waals surface area contributed by atoms with E-state index < -0.39 is 11.9 Å². The van der Waals surface area contributed by atoms with Crippen LogP contribution < -0.4 is 9.47 Å². The standard InChI is InChI=1S/C10H8Cl2O4/c1-5(13)15-9-4-7(11)3-8(12)10(9)16-6(2)14/h3-4H,1-2H3. The van der Waals surface area contributed by atoms with Gasteiger partial charge in [-0.3, -0.25) is 9.59 Å². The molecule has 0 fully saturated rings. The summed E-state index contributed by atoms with van der Waals surface area (Å²) in [5.74, 6) is -1.14. The fraction of sp³-hybridized carbons (Fsp3) is 0.200. The van der Waals surface area contributed by atoms with Gasteiger partial charge < -0.3 is 9.47 Å². The predicted octanol–water partition coefficient (Wildman–Crippen LogP) is 2.84. The van der Waals surface area contributed by atoms with E-state index >= 15 is 0 Å². The summed E-state index contributed by atoms with van der Waals surface area (Å²) in [5, 5.41) is 0.371. The van der Waals surface area contributed by atoms with E-state index in [1.54, 1.807) is 0 Å². The Labute approximate surface area is 102 Å². The van der Waals surface area contributed by atoms with Crippen molar-refractivity contribution in [3.8, 4) is 11.5 Å². The highest BCUT2D eigenvalue weighted by Gasteiger charge is 2.15. The third-order valence-corrected chi connectivity index (χ3v) is 1.97. The average Bonchev–Trinajstić information content (AvgIpc) is 2.09. The predicted molar refractivity (Wildman–Crippen MR) is 59.1 cm³/mol. The van der Waals surface area contributed by atoms with Crippen molar-refractivity contribution < 1.29 is 19.1 Å². The smallest absolute Gasteiger partial charge is 0.308 e. The number of benzene rings is 1. The summed E-state index contributed by atoms with van der Waals surface area (Å²) >= 11 is 11.5. The minimum atomic E-state index is -0.572. The van der Waals surface area contributed by atoms with Gasteiger partial charge >= 0.3 is 11.9 Å². The molecule has 0 aliphatic carbocycles. The number of halogens is 2. The van der Waals surface area contributed by atoms with E-state index in [1.807, 2.05) is 0 Å². The lowest BCUT2D eigenvalue weighted by Crippen LogP contribution is -2.07. The molecular formula is C10H8Cl2O4. The molecule has 0 N–H and O–H groups in total. The van der Waals surface area contributed by atoms with E-state index in [0.29, 0.717) is 0 Å². The molecule has 0 unspecified atom stereocenters. The Morgan fingerprint density at radius 3 is 2.12 bits per heavy atom. The highest BCUT2D eigenvalue weighted by Crippen LogP contribution is 2.38. The molecule has 86 valence electrons. The number of rotatable bonds is 2. The first kappa shape index (κ1) is 12.8. The van der Waals surface area contributed by atoms with Gasteiger partial charge in [0.25, 0.3) is 0 Å². The van der Waals surface area contributed by atoms with Gasteiger partial charge in [0.15, 0.2) is 11.5 Å². The second-order valence-corrected chi connectivity index (χ2v) is 3.75. The van der Waals surface area contributed by atoms with Crippen LogP contribution in [0.4, 0.5) is 0 Å². The quantitative estimate of drug-likeness (QED) is 0.608. The molecule has 0 aliphatic heterocycles. The molecule has 0 spiro atoms. The van der Waals surface area contributed by atoms with Crippen LogP contribution in [0.3, 0.4) is 0 Å². The topological polar surface area (TPSA) is 52.6 Å². The Bertz CT molecular complexity index is 443. The number of hydrogen-bond acceptors (Lipinski definition) is 4. The zero-order valence-electron chi connectivity index (χ0n) is 8.54. The highest BCUT2D eigenvalue weighted by molar-refractivity contribution is 6.36. The maximum absolute atomic E-state index is 10.8. The van der Waals surface area contributed by atoms with Crippen molar-refractivity contribution in [3.63, 3.8) is 0 Å². The maximum atomic E-state index is 10.8. The summed E-state index contributed by atoms with van der Waals surface area (Å²) in [5.41, 5.74) is 0. The monoisotopic (exact) mass is 262 g/mol. The fourth-order valence-corrected chi connectivity index (χ4v) is 1.52. The number of carbonyl (C=O) groups is 2. The number of carbonyl (C=O) groups excluding carboxylic acids is 2. The van der Waals surface area contributed by atoms with E-state index in [0.717, 1.165) is 0 Å². The molecule has 1 aromatic rings. The van der Waals surface area contributed by atoms with Crippen molar-refractivity contribution in [1.29, 1.82) is 0 Å². The number of hydrogen-bond donors (Lipinski definition) is 0. The SMILES string of the molecule is CC(=O)Oc1cc(Cl)cc(Cl)c1OC(C)=O. The largest absolute Gasteiger partial charge is 0.423 e. The average molecular weight is 263 g/mol. The molecule has 16 heavy (non-hydrogen) atoms. The van der Waals surface area contributed by atoms with Crippen molar-refractivity contribution in [3.05, 3.63) is 22.2 Å². The lowest BCUT2D eigenvalue weighted by molar-refractivity contribution is -0.134. The Kier molecular flexibility index (Phi) is 4.15. The van der Waals surface area contributed by atoms with Crippen LogP contribution in [0, 0.1) is 0 Å². The lowest BCUT2D eigenvalue weighted by atomic mass is 10.3. The molecule has 0 saturated heterocycles. The third-order valence-electron chi connectivity index (χ3n) is 1.47. The summed E-state index contributed by atoms with van der Waals surface area (Å²) in [7, 11) is 0. The molecule has 0 amide bonds. The van der Waals surface area contributed by atoms with Crippen LogP contribution in [0.1, 0.15) is 13.8 Å². The molecule has 4 nitrogen and oxygen atoms in total. The number of esters is 2. The van der Waals surface area contributed by atoms with Crippen molar-refractivity contribution >= 4 is 35.1 Å². The zero-order valence-corrected chi connectivity index (χ0v) is 10.1. The van der Waals surface area contributed by atoms with Gasteiger partial charge in [-0.15, -0.1) is 0 Å². The Balaban J connectivity index is 3.20.